The summed E-state index contributed by atoms with van der Waals surface area (Å²) < 4.78 is 19.2. The van der Waals surface area contributed by atoms with E-state index in [-0.39, 0.29) is 23.5 Å². The average Bonchev–Trinajstić information content (AvgIpc) is 2.84. The van der Waals surface area contributed by atoms with E-state index in [9.17, 15) is 14.0 Å². The lowest BCUT2D eigenvalue weighted by Gasteiger charge is -2.32. The second-order valence-electron chi connectivity index (χ2n) is 8.75. The first kappa shape index (κ1) is 22.2. The van der Waals surface area contributed by atoms with E-state index in [0.717, 1.165) is 6.42 Å². The Labute approximate surface area is 188 Å². The van der Waals surface area contributed by atoms with Crippen molar-refractivity contribution in [3.63, 3.8) is 0 Å². The zero-order chi connectivity index (χ0) is 22.3. The first-order chi connectivity index (χ1) is 15.6. The number of anilines is 1. The van der Waals surface area contributed by atoms with Gasteiger partial charge in [-0.05, 0) is 68.0 Å². The van der Waals surface area contributed by atoms with Gasteiger partial charge in [0.25, 0.3) is 5.91 Å². The maximum atomic E-state index is 13.2. The Morgan fingerprint density at radius 2 is 1.84 bits per heavy atom. The largest absolute Gasteiger partial charge is 0.489 e. The number of likely N-dealkylation sites (tertiary alicyclic amines) is 1. The van der Waals surface area contributed by atoms with Crippen molar-refractivity contribution in [3.8, 4) is 5.75 Å². The highest BCUT2D eigenvalue weighted by molar-refractivity contribution is 5.96. The van der Waals surface area contributed by atoms with E-state index in [2.05, 4.69) is 10.3 Å². The predicted octanol–water partition coefficient (Wildman–Crippen LogP) is 4.67. The number of amides is 2. The Hall–Kier alpha value is -2.96. The molecule has 32 heavy (non-hydrogen) atoms. The molecular formula is C25H30FN3O3. The molecule has 1 aromatic heterocycles. The summed E-state index contributed by atoms with van der Waals surface area (Å²) in [5.74, 6) is 0.504. The maximum absolute atomic E-state index is 13.2. The number of rotatable bonds is 6. The van der Waals surface area contributed by atoms with Crippen molar-refractivity contribution in [2.75, 3.05) is 25.0 Å². The second-order valence-corrected chi connectivity index (χ2v) is 8.75. The van der Waals surface area contributed by atoms with Crippen LogP contribution in [0.1, 0.15) is 55.3 Å². The average molecular weight is 440 g/mol. The van der Waals surface area contributed by atoms with Crippen molar-refractivity contribution in [3.05, 3.63) is 54.0 Å². The van der Waals surface area contributed by atoms with Crippen LogP contribution in [-0.2, 0) is 4.79 Å². The van der Waals surface area contributed by atoms with Crippen LogP contribution in [0.2, 0.25) is 0 Å². The van der Waals surface area contributed by atoms with Crippen LogP contribution < -0.4 is 10.1 Å². The molecule has 1 saturated heterocycles. The van der Waals surface area contributed by atoms with Gasteiger partial charge in [-0.2, -0.15) is 0 Å². The number of ether oxygens (including phenoxy) is 1. The van der Waals surface area contributed by atoms with Crippen LogP contribution in [0.3, 0.4) is 0 Å². The topological polar surface area (TPSA) is 71.5 Å². The first-order valence-electron chi connectivity index (χ1n) is 11.5. The predicted molar refractivity (Wildman–Crippen MR) is 120 cm³/mol. The Morgan fingerprint density at radius 3 is 2.62 bits per heavy atom. The summed E-state index contributed by atoms with van der Waals surface area (Å²) in [5.41, 5.74) is 0.426. The number of aromatic nitrogens is 1. The fraction of sp³-hybridized carbons (Fsp3) is 0.480. The molecule has 7 heteroatoms. The summed E-state index contributed by atoms with van der Waals surface area (Å²) >= 11 is 0. The van der Waals surface area contributed by atoms with Gasteiger partial charge in [0.05, 0.1) is 12.5 Å². The zero-order valence-corrected chi connectivity index (χ0v) is 18.3. The minimum atomic E-state index is -0.380. The number of halogens is 1. The van der Waals surface area contributed by atoms with Gasteiger partial charge >= 0.3 is 0 Å². The minimum Gasteiger partial charge on any atom is -0.489 e. The van der Waals surface area contributed by atoms with Gasteiger partial charge in [0.2, 0.25) is 5.91 Å². The molecule has 1 atom stereocenters. The lowest BCUT2D eigenvalue weighted by molar-refractivity contribution is -0.121. The van der Waals surface area contributed by atoms with Gasteiger partial charge < -0.3 is 15.0 Å². The summed E-state index contributed by atoms with van der Waals surface area (Å²) in [6.45, 7) is 1.55. The van der Waals surface area contributed by atoms with E-state index >= 15 is 0 Å². The molecule has 1 N–H and O–H groups in total. The quantitative estimate of drug-likeness (QED) is 0.710. The summed E-state index contributed by atoms with van der Waals surface area (Å²) in [6, 6.07) is 9.14. The number of piperidine rings is 1. The fourth-order valence-corrected chi connectivity index (χ4v) is 4.53. The summed E-state index contributed by atoms with van der Waals surface area (Å²) in [6.07, 6.45) is 9.23. The number of carbonyl (C=O) groups is 2. The molecule has 2 fully saturated rings. The van der Waals surface area contributed by atoms with Crippen LogP contribution in [0, 0.1) is 17.7 Å². The highest BCUT2D eigenvalue weighted by Crippen LogP contribution is 2.28. The van der Waals surface area contributed by atoms with Gasteiger partial charge in [0.15, 0.2) is 11.6 Å². The minimum absolute atomic E-state index is 0.164. The van der Waals surface area contributed by atoms with Crippen LogP contribution in [0.4, 0.5) is 10.2 Å². The fourth-order valence-electron chi connectivity index (χ4n) is 4.53. The molecule has 0 bridgehead atoms. The van der Waals surface area contributed by atoms with Gasteiger partial charge in [-0.25, -0.2) is 9.37 Å². The van der Waals surface area contributed by atoms with E-state index in [4.69, 9.17) is 4.74 Å². The lowest BCUT2D eigenvalue weighted by Crippen LogP contribution is -2.43. The molecule has 2 aliphatic rings. The molecule has 1 saturated carbocycles. The monoisotopic (exact) mass is 439 g/mol. The summed E-state index contributed by atoms with van der Waals surface area (Å²) in [7, 11) is 0. The van der Waals surface area contributed by atoms with Crippen LogP contribution in [0.25, 0.3) is 0 Å². The van der Waals surface area contributed by atoms with Gasteiger partial charge in [-0.15, -0.1) is 0 Å². The number of nitrogens with zero attached hydrogens (tertiary/aromatic N) is 2. The van der Waals surface area contributed by atoms with E-state index < -0.39 is 0 Å². The van der Waals surface area contributed by atoms with Gasteiger partial charge in [-0.3, -0.25) is 9.59 Å². The number of carbonyl (C=O) groups excluding carboxylic acids is 2. The molecular weight excluding hydrogens is 409 g/mol. The molecule has 2 amide bonds. The third kappa shape index (κ3) is 5.64. The van der Waals surface area contributed by atoms with E-state index in [1.54, 1.807) is 17.2 Å². The van der Waals surface area contributed by atoms with Crippen molar-refractivity contribution in [1.82, 2.24) is 9.88 Å². The zero-order valence-electron chi connectivity index (χ0n) is 18.3. The Bertz CT molecular complexity index is 928. The van der Waals surface area contributed by atoms with Gasteiger partial charge in [0.1, 0.15) is 5.82 Å². The molecule has 1 unspecified atom stereocenters. The number of pyridine rings is 1. The third-order valence-electron chi connectivity index (χ3n) is 6.38. The van der Waals surface area contributed by atoms with Crippen molar-refractivity contribution in [2.45, 2.75) is 44.9 Å². The smallest absolute Gasteiger partial charge is 0.253 e. The molecule has 1 aliphatic heterocycles. The Kier molecular flexibility index (Phi) is 7.35. The molecule has 1 aromatic carbocycles. The van der Waals surface area contributed by atoms with Crippen LogP contribution in [0.5, 0.6) is 5.75 Å². The molecule has 4 rings (SSSR count). The van der Waals surface area contributed by atoms with Crippen molar-refractivity contribution >= 4 is 17.6 Å². The molecule has 1 aliphatic carbocycles. The number of nitrogens with one attached hydrogen (secondary N) is 1. The van der Waals surface area contributed by atoms with Crippen LogP contribution in [-0.4, -0.2) is 41.4 Å². The maximum Gasteiger partial charge on any atom is 0.253 e. The molecule has 0 radical (unpaired) electrons. The molecule has 2 heterocycles. The third-order valence-corrected chi connectivity index (χ3v) is 6.38. The van der Waals surface area contributed by atoms with Crippen LogP contribution in [0.15, 0.2) is 42.6 Å². The summed E-state index contributed by atoms with van der Waals surface area (Å²) in [5, 5.41) is 2.91. The highest BCUT2D eigenvalue weighted by atomic mass is 19.1. The Morgan fingerprint density at radius 1 is 1.06 bits per heavy atom. The van der Waals surface area contributed by atoms with Crippen molar-refractivity contribution in [1.29, 1.82) is 0 Å². The number of benzene rings is 1. The lowest BCUT2D eigenvalue weighted by atomic mass is 9.90. The molecule has 170 valence electrons. The van der Waals surface area contributed by atoms with E-state index in [1.165, 1.54) is 56.4 Å². The van der Waals surface area contributed by atoms with Gasteiger partial charge in [-0.1, -0.05) is 19.3 Å². The van der Waals surface area contributed by atoms with Crippen molar-refractivity contribution < 1.29 is 18.7 Å². The Balaban J connectivity index is 1.36. The molecule has 2 aromatic rings. The number of hydrogen-bond donors (Lipinski definition) is 1. The molecule has 0 spiro atoms. The summed E-state index contributed by atoms with van der Waals surface area (Å²) in [4.78, 5) is 31.7. The second kappa shape index (κ2) is 10.6. The van der Waals surface area contributed by atoms with Crippen LogP contribution >= 0.6 is 0 Å². The highest BCUT2D eigenvalue weighted by Gasteiger charge is 2.29. The first-order valence-corrected chi connectivity index (χ1v) is 11.5. The van der Waals surface area contributed by atoms with E-state index in [1.807, 2.05) is 6.07 Å². The standard InChI is InChI=1S/C25H30FN3O3/c26-21-12-10-19(11-13-21)25(31)29-15-5-8-20(16-29)24(30)28-23-22(9-4-14-27-23)32-17-18-6-2-1-3-7-18/h4,9-14,18,20H,1-3,5-8,15-17H2,(H,27,28,30). The van der Waals surface area contributed by atoms with Gasteiger partial charge in [0, 0.05) is 24.8 Å². The van der Waals surface area contributed by atoms with Crippen molar-refractivity contribution in [2.24, 2.45) is 11.8 Å². The SMILES string of the molecule is O=C(Nc1ncccc1OCC1CCCCC1)C1CCCN(C(=O)c2ccc(F)cc2)C1. The normalized spacial score (nSPS) is 19.4. The number of hydrogen-bond acceptors (Lipinski definition) is 4. The van der Waals surface area contributed by atoms with E-state index in [0.29, 0.717) is 49.2 Å². The molecule has 6 nitrogen and oxygen atoms in total.